The summed E-state index contributed by atoms with van der Waals surface area (Å²) in [5.74, 6) is 0.530. The second kappa shape index (κ2) is 3.42. The lowest BCUT2D eigenvalue weighted by molar-refractivity contribution is 0.0504. The Morgan fingerprint density at radius 1 is 1.71 bits per heavy atom. The highest BCUT2D eigenvalue weighted by Crippen LogP contribution is 2.16. The van der Waals surface area contributed by atoms with Crippen LogP contribution in [0, 0.1) is 5.92 Å². The lowest BCUT2D eigenvalue weighted by Crippen LogP contribution is -2.52. The molecule has 0 aliphatic carbocycles. The van der Waals surface area contributed by atoms with Crippen LogP contribution in [0.4, 0.5) is 0 Å². The first-order valence-electron chi connectivity index (χ1n) is 4.69. The number of rotatable bonds is 2. The van der Waals surface area contributed by atoms with E-state index in [1.807, 2.05) is 0 Å². The van der Waals surface area contributed by atoms with E-state index in [1.165, 1.54) is 0 Å². The van der Waals surface area contributed by atoms with Gasteiger partial charge >= 0.3 is 0 Å². The number of nitrogens with zero attached hydrogens (tertiary/aromatic N) is 3. The van der Waals surface area contributed by atoms with E-state index >= 15 is 0 Å². The molecule has 1 aromatic heterocycles. The molecule has 0 atom stereocenters. The van der Waals surface area contributed by atoms with Gasteiger partial charge in [0.25, 0.3) is 5.91 Å². The van der Waals surface area contributed by atoms with Crippen LogP contribution in [0.15, 0.2) is 12.3 Å². The first-order valence-corrected chi connectivity index (χ1v) is 4.69. The van der Waals surface area contributed by atoms with Gasteiger partial charge in [-0.15, -0.1) is 0 Å². The highest BCUT2D eigenvalue weighted by Gasteiger charge is 2.31. The third kappa shape index (κ3) is 1.39. The molecule has 14 heavy (non-hydrogen) atoms. The molecule has 1 fully saturated rings. The molecule has 5 heteroatoms. The molecule has 0 spiro atoms. The summed E-state index contributed by atoms with van der Waals surface area (Å²) >= 11 is 0. The zero-order valence-electron chi connectivity index (χ0n) is 8.18. The molecule has 0 radical (unpaired) electrons. The van der Waals surface area contributed by atoms with Gasteiger partial charge < -0.3 is 10.6 Å². The molecule has 5 nitrogen and oxygen atoms in total. The van der Waals surface area contributed by atoms with Gasteiger partial charge in [-0.1, -0.05) is 0 Å². The van der Waals surface area contributed by atoms with Crippen molar-refractivity contribution in [3.05, 3.63) is 18.0 Å². The first-order chi connectivity index (χ1) is 6.72. The Labute approximate surface area is 82.5 Å². The fourth-order valence-electron chi connectivity index (χ4n) is 1.63. The normalized spacial score (nSPS) is 16.9. The summed E-state index contributed by atoms with van der Waals surface area (Å²) in [5, 5.41) is 3.96. The summed E-state index contributed by atoms with van der Waals surface area (Å²) in [7, 11) is 1.77. The minimum atomic E-state index is 0.0506. The quantitative estimate of drug-likeness (QED) is 0.687. The summed E-state index contributed by atoms with van der Waals surface area (Å²) in [6.07, 6.45) is 1.63. The van der Waals surface area contributed by atoms with Gasteiger partial charge in [0.2, 0.25) is 0 Å². The smallest absolute Gasteiger partial charge is 0.272 e. The predicted octanol–water partition coefficient (Wildman–Crippen LogP) is -0.549. The molecular weight excluding hydrogens is 180 g/mol. The van der Waals surface area contributed by atoms with E-state index in [1.54, 1.807) is 28.9 Å². The van der Waals surface area contributed by atoms with E-state index in [0.717, 1.165) is 13.1 Å². The van der Waals surface area contributed by atoms with Gasteiger partial charge in [0, 0.05) is 32.3 Å². The Hall–Kier alpha value is -1.36. The summed E-state index contributed by atoms with van der Waals surface area (Å²) in [5.41, 5.74) is 6.13. The van der Waals surface area contributed by atoms with Crippen molar-refractivity contribution in [2.24, 2.45) is 18.7 Å². The minimum absolute atomic E-state index is 0.0506. The topological polar surface area (TPSA) is 64.2 Å². The summed E-state index contributed by atoms with van der Waals surface area (Å²) in [6, 6.07) is 1.73. The van der Waals surface area contributed by atoms with Crippen LogP contribution >= 0.6 is 0 Å². The molecule has 2 rings (SSSR count). The molecule has 1 saturated heterocycles. The molecule has 1 aromatic rings. The molecule has 0 saturated carbocycles. The van der Waals surface area contributed by atoms with Crippen LogP contribution in [-0.2, 0) is 7.05 Å². The number of nitrogens with two attached hydrogens (primary N) is 1. The molecule has 2 N–H and O–H groups in total. The van der Waals surface area contributed by atoms with E-state index in [2.05, 4.69) is 5.10 Å². The van der Waals surface area contributed by atoms with Crippen molar-refractivity contribution >= 4 is 5.91 Å². The Balaban J connectivity index is 2.01. The molecule has 1 amide bonds. The van der Waals surface area contributed by atoms with Gasteiger partial charge in [-0.3, -0.25) is 9.48 Å². The number of aryl methyl sites for hydroxylation is 1. The second-order valence-corrected chi connectivity index (χ2v) is 3.65. The van der Waals surface area contributed by atoms with Gasteiger partial charge in [0.15, 0.2) is 0 Å². The standard InChI is InChI=1S/C9H14N4O/c1-12-8(2-3-11-12)9(14)13-5-7(4-10)6-13/h2-3,7H,4-6,10H2,1H3. The average molecular weight is 194 g/mol. The van der Waals surface area contributed by atoms with Gasteiger partial charge in [0.05, 0.1) is 0 Å². The van der Waals surface area contributed by atoms with Crippen molar-refractivity contribution in [1.82, 2.24) is 14.7 Å². The van der Waals surface area contributed by atoms with Crippen LogP contribution in [0.2, 0.25) is 0 Å². The lowest BCUT2D eigenvalue weighted by Gasteiger charge is -2.38. The van der Waals surface area contributed by atoms with Crippen molar-refractivity contribution in [2.75, 3.05) is 19.6 Å². The Bertz CT molecular complexity index is 340. The zero-order chi connectivity index (χ0) is 10.1. The van der Waals surface area contributed by atoms with Crippen LogP contribution in [0.5, 0.6) is 0 Å². The third-order valence-electron chi connectivity index (χ3n) is 2.62. The Kier molecular flexibility index (Phi) is 2.25. The van der Waals surface area contributed by atoms with Gasteiger partial charge in [0.1, 0.15) is 5.69 Å². The molecule has 0 aromatic carbocycles. The highest BCUT2D eigenvalue weighted by molar-refractivity contribution is 5.93. The Morgan fingerprint density at radius 3 is 2.93 bits per heavy atom. The number of amides is 1. The molecule has 1 aliphatic rings. The fraction of sp³-hybridized carbons (Fsp3) is 0.556. The summed E-state index contributed by atoms with van der Waals surface area (Å²) in [4.78, 5) is 13.6. The van der Waals surface area contributed by atoms with Gasteiger partial charge in [-0.25, -0.2) is 0 Å². The van der Waals surface area contributed by atoms with Crippen LogP contribution in [0.3, 0.4) is 0 Å². The van der Waals surface area contributed by atoms with Crippen molar-refractivity contribution < 1.29 is 4.79 Å². The van der Waals surface area contributed by atoms with Gasteiger partial charge in [-0.2, -0.15) is 5.10 Å². The molecule has 1 aliphatic heterocycles. The van der Waals surface area contributed by atoms with E-state index in [0.29, 0.717) is 18.2 Å². The van der Waals surface area contributed by atoms with Crippen LogP contribution in [-0.4, -0.2) is 40.2 Å². The number of aromatic nitrogens is 2. The maximum absolute atomic E-state index is 11.8. The van der Waals surface area contributed by atoms with E-state index in [4.69, 9.17) is 5.73 Å². The molecular formula is C9H14N4O. The highest BCUT2D eigenvalue weighted by atomic mass is 16.2. The van der Waals surface area contributed by atoms with Crippen molar-refractivity contribution in [1.29, 1.82) is 0 Å². The minimum Gasteiger partial charge on any atom is -0.337 e. The monoisotopic (exact) mass is 194 g/mol. The second-order valence-electron chi connectivity index (χ2n) is 3.65. The predicted molar refractivity (Wildman–Crippen MR) is 51.7 cm³/mol. The van der Waals surface area contributed by atoms with Crippen LogP contribution in [0.25, 0.3) is 0 Å². The summed E-state index contributed by atoms with van der Waals surface area (Å²) < 4.78 is 1.60. The number of carbonyl (C=O) groups is 1. The van der Waals surface area contributed by atoms with E-state index in [9.17, 15) is 4.79 Å². The molecule has 2 heterocycles. The van der Waals surface area contributed by atoms with Crippen LogP contribution in [0.1, 0.15) is 10.5 Å². The number of likely N-dealkylation sites (tertiary alicyclic amines) is 1. The van der Waals surface area contributed by atoms with Crippen molar-refractivity contribution in [2.45, 2.75) is 0 Å². The molecule has 76 valence electrons. The van der Waals surface area contributed by atoms with Crippen molar-refractivity contribution in [3.63, 3.8) is 0 Å². The first kappa shape index (κ1) is 9.21. The van der Waals surface area contributed by atoms with Crippen LogP contribution < -0.4 is 5.73 Å². The third-order valence-corrected chi connectivity index (χ3v) is 2.62. The fourth-order valence-corrected chi connectivity index (χ4v) is 1.63. The molecule has 0 bridgehead atoms. The van der Waals surface area contributed by atoms with Gasteiger partial charge in [-0.05, 0) is 12.6 Å². The Morgan fingerprint density at radius 2 is 2.43 bits per heavy atom. The number of hydrogen-bond acceptors (Lipinski definition) is 3. The number of hydrogen-bond donors (Lipinski definition) is 1. The largest absolute Gasteiger partial charge is 0.337 e. The summed E-state index contributed by atoms with van der Waals surface area (Å²) in [6.45, 7) is 2.22. The molecule has 0 unspecified atom stereocenters. The number of carbonyl (C=O) groups excluding carboxylic acids is 1. The SMILES string of the molecule is Cn1nccc1C(=O)N1CC(CN)C1. The van der Waals surface area contributed by atoms with Crippen molar-refractivity contribution in [3.8, 4) is 0 Å². The maximum atomic E-state index is 11.8. The lowest BCUT2D eigenvalue weighted by atomic mass is 10.0. The van der Waals surface area contributed by atoms with E-state index in [-0.39, 0.29) is 5.91 Å². The average Bonchev–Trinajstić information content (AvgIpc) is 2.49. The van der Waals surface area contributed by atoms with E-state index < -0.39 is 0 Å². The zero-order valence-corrected chi connectivity index (χ0v) is 8.18. The maximum Gasteiger partial charge on any atom is 0.272 e.